The third-order valence-corrected chi connectivity index (χ3v) is 17.7. The third kappa shape index (κ3) is 6.49. The van der Waals surface area contributed by atoms with Gasteiger partial charge in [-0.2, -0.15) is 0 Å². The van der Waals surface area contributed by atoms with Crippen molar-refractivity contribution in [1.82, 2.24) is 9.97 Å². The smallest absolute Gasteiger partial charge is 0.253 e. The fourth-order valence-corrected chi connectivity index (χ4v) is 14.2. The molecular weight excluding hydrogens is 980 g/mol. The Hall–Kier alpha value is -10.6. The maximum atomic E-state index is 5.62. The summed E-state index contributed by atoms with van der Waals surface area (Å²) < 4.78 is 0. The number of para-hydroxylation sites is 1. The topological polar surface area (TPSA) is 32.3 Å². The molecule has 15 aromatic carbocycles. The molecule has 0 atom stereocenters. The first kappa shape index (κ1) is 44.4. The molecule has 0 spiro atoms. The van der Waals surface area contributed by atoms with Crippen LogP contribution in [-0.4, -0.2) is 16.7 Å². The SMILES string of the molecule is c1ccc(-c2ccc(N3c4cc(-c5nc(-c6ccccc6)nc6ccccc56)cc5c4B(c4c3cc3ccc6cccc7ccc4c3c67)c3c(cc4ccc6cccc7ccc3c4c67)N5c3ccc(-c4ccccc4)cc3)cc2)cc1. The van der Waals surface area contributed by atoms with Crippen LogP contribution < -0.4 is 26.2 Å². The molecule has 16 aromatic rings. The van der Waals surface area contributed by atoms with Gasteiger partial charge in [-0.15, -0.1) is 0 Å². The van der Waals surface area contributed by atoms with Gasteiger partial charge in [0.05, 0.1) is 11.2 Å². The maximum Gasteiger partial charge on any atom is 0.253 e. The highest BCUT2D eigenvalue weighted by Crippen LogP contribution is 2.51. The number of fused-ring (bicyclic) bond motifs is 7. The van der Waals surface area contributed by atoms with E-state index < -0.39 is 0 Å². The van der Waals surface area contributed by atoms with Crippen LogP contribution in [0, 0.1) is 0 Å². The molecule has 0 bridgehead atoms. The van der Waals surface area contributed by atoms with Crippen molar-refractivity contribution < 1.29 is 0 Å². The zero-order valence-electron chi connectivity index (χ0n) is 43.8. The third-order valence-electron chi connectivity index (χ3n) is 17.7. The summed E-state index contributed by atoms with van der Waals surface area (Å²) in [6, 6.07) is 101. The number of hydrogen-bond acceptors (Lipinski definition) is 4. The summed E-state index contributed by atoms with van der Waals surface area (Å²) in [6.07, 6.45) is 0. The molecule has 4 nitrogen and oxygen atoms in total. The van der Waals surface area contributed by atoms with Gasteiger partial charge in [0.1, 0.15) is 0 Å². The lowest BCUT2D eigenvalue weighted by Crippen LogP contribution is -2.61. The van der Waals surface area contributed by atoms with E-state index in [1.165, 1.54) is 115 Å². The van der Waals surface area contributed by atoms with E-state index in [1.54, 1.807) is 0 Å². The van der Waals surface area contributed by atoms with E-state index in [0.717, 1.165) is 50.5 Å². The molecule has 18 rings (SSSR count). The molecule has 0 fully saturated rings. The van der Waals surface area contributed by atoms with Gasteiger partial charge in [-0.25, -0.2) is 9.97 Å². The number of benzene rings is 15. The van der Waals surface area contributed by atoms with Crippen LogP contribution in [-0.2, 0) is 0 Å². The molecule has 81 heavy (non-hydrogen) atoms. The summed E-state index contributed by atoms with van der Waals surface area (Å²) >= 11 is 0. The number of nitrogens with zero attached hydrogens (tertiary/aromatic N) is 4. The Morgan fingerprint density at radius 3 is 1.16 bits per heavy atom. The van der Waals surface area contributed by atoms with Crippen molar-refractivity contribution in [1.29, 1.82) is 0 Å². The van der Waals surface area contributed by atoms with E-state index in [9.17, 15) is 0 Å². The van der Waals surface area contributed by atoms with Gasteiger partial charge in [0.25, 0.3) is 6.71 Å². The zero-order valence-corrected chi connectivity index (χ0v) is 43.8. The number of anilines is 6. The van der Waals surface area contributed by atoms with Gasteiger partial charge in [0.15, 0.2) is 5.82 Å². The Kier molecular flexibility index (Phi) is 9.28. The highest BCUT2D eigenvalue weighted by Gasteiger charge is 2.46. The molecule has 0 aliphatic carbocycles. The minimum absolute atomic E-state index is 0.190. The van der Waals surface area contributed by atoms with E-state index in [1.807, 2.05) is 0 Å². The first-order chi connectivity index (χ1) is 40.2. The second-order valence-electron chi connectivity index (χ2n) is 22.0. The second-order valence-corrected chi connectivity index (χ2v) is 22.0. The zero-order chi connectivity index (χ0) is 52.9. The summed E-state index contributed by atoms with van der Waals surface area (Å²) in [6.45, 7) is -0.190. The van der Waals surface area contributed by atoms with Gasteiger partial charge in [0.2, 0.25) is 0 Å². The van der Waals surface area contributed by atoms with Crippen molar-refractivity contribution in [3.63, 3.8) is 0 Å². The lowest BCUT2D eigenvalue weighted by atomic mass is 9.32. The molecular formula is C76H45BN4. The van der Waals surface area contributed by atoms with Crippen LogP contribution in [0.15, 0.2) is 273 Å². The van der Waals surface area contributed by atoms with Crippen LogP contribution in [0.5, 0.6) is 0 Å². The summed E-state index contributed by atoms with van der Waals surface area (Å²) in [7, 11) is 0. The van der Waals surface area contributed by atoms with E-state index in [2.05, 4.69) is 283 Å². The summed E-state index contributed by atoms with van der Waals surface area (Å²) in [5, 5.41) is 16.2. The monoisotopic (exact) mass is 1020 g/mol. The van der Waals surface area contributed by atoms with Crippen molar-refractivity contribution >= 4 is 133 Å². The summed E-state index contributed by atoms with van der Waals surface area (Å²) in [5.74, 6) is 0.693. The van der Waals surface area contributed by atoms with Crippen LogP contribution in [0.25, 0.3) is 120 Å². The quantitative estimate of drug-likeness (QED) is 0.123. The standard InChI is InChI=1S/C76H45BN4/c1-4-14-46(15-5-1)48-30-36-58(37-31-48)80-64-42-55-28-26-50-20-12-22-52-34-40-61(70(55)68(50)52)72(64)77-73-62-41-35-53-23-13-21-51-27-29-56(71(62)69(51)53)43-65(73)81(59-38-32-49(33-39-59)47-16-6-2-7-17-47)67-45-57(44-66(80)74(67)77)75-60-24-10-11-25-63(60)78-76(79-75)54-18-8-3-9-19-54/h1-45H. The van der Waals surface area contributed by atoms with Crippen LogP contribution in [0.2, 0.25) is 0 Å². The predicted octanol–water partition coefficient (Wildman–Crippen LogP) is 18.2. The average Bonchev–Trinajstić information content (AvgIpc) is 3.10. The van der Waals surface area contributed by atoms with E-state index in [0.29, 0.717) is 5.82 Å². The Labute approximate surface area is 467 Å². The van der Waals surface area contributed by atoms with E-state index in [-0.39, 0.29) is 6.71 Å². The molecule has 0 amide bonds. The van der Waals surface area contributed by atoms with Gasteiger partial charge in [-0.05, 0) is 158 Å². The average molecular weight is 1030 g/mol. The number of aromatic nitrogens is 2. The molecule has 372 valence electrons. The summed E-state index contributed by atoms with van der Waals surface area (Å²) in [5.41, 5.74) is 19.1. The van der Waals surface area contributed by atoms with Crippen LogP contribution in [0.4, 0.5) is 34.1 Å². The molecule has 5 heteroatoms. The Bertz CT molecular complexity index is 4920. The van der Waals surface area contributed by atoms with Crippen LogP contribution in [0.1, 0.15) is 0 Å². The predicted molar refractivity (Wildman–Crippen MR) is 343 cm³/mol. The molecule has 0 saturated heterocycles. The largest absolute Gasteiger partial charge is 0.311 e. The van der Waals surface area contributed by atoms with Gasteiger partial charge in [-0.3, -0.25) is 0 Å². The first-order valence-electron chi connectivity index (χ1n) is 28.0. The minimum atomic E-state index is -0.190. The lowest BCUT2D eigenvalue weighted by molar-refractivity contribution is 1.22. The Balaban J connectivity index is 1.02. The maximum absolute atomic E-state index is 5.62. The molecule has 0 unspecified atom stereocenters. The molecule has 2 aliphatic rings. The van der Waals surface area contributed by atoms with Gasteiger partial charge in [-0.1, -0.05) is 218 Å². The van der Waals surface area contributed by atoms with E-state index in [4.69, 9.17) is 9.97 Å². The van der Waals surface area contributed by atoms with Crippen LogP contribution in [0.3, 0.4) is 0 Å². The Morgan fingerprint density at radius 1 is 0.259 bits per heavy atom. The molecule has 0 saturated carbocycles. The minimum Gasteiger partial charge on any atom is -0.311 e. The highest BCUT2D eigenvalue weighted by atomic mass is 15.2. The van der Waals surface area contributed by atoms with Crippen molar-refractivity contribution in [3.05, 3.63) is 273 Å². The molecule has 2 aliphatic heterocycles. The molecule has 0 radical (unpaired) electrons. The number of hydrogen-bond donors (Lipinski definition) is 0. The first-order valence-corrected chi connectivity index (χ1v) is 28.0. The lowest BCUT2D eigenvalue weighted by Gasteiger charge is -2.45. The normalized spacial score (nSPS) is 12.9. The summed E-state index contributed by atoms with van der Waals surface area (Å²) in [4.78, 5) is 16.0. The van der Waals surface area contributed by atoms with Crippen LogP contribution >= 0.6 is 0 Å². The fourth-order valence-electron chi connectivity index (χ4n) is 14.2. The van der Waals surface area contributed by atoms with Gasteiger partial charge >= 0.3 is 0 Å². The Morgan fingerprint density at radius 2 is 0.667 bits per heavy atom. The molecule has 1 aromatic heterocycles. The van der Waals surface area contributed by atoms with Gasteiger partial charge < -0.3 is 9.80 Å². The number of rotatable bonds is 6. The molecule has 0 N–H and O–H groups in total. The second kappa shape index (κ2) is 16.9. The van der Waals surface area contributed by atoms with E-state index >= 15 is 0 Å². The fraction of sp³-hybridized carbons (Fsp3) is 0. The van der Waals surface area contributed by atoms with Crippen molar-refractivity contribution in [2.45, 2.75) is 0 Å². The van der Waals surface area contributed by atoms with Gasteiger partial charge in [0, 0.05) is 50.6 Å². The molecule has 3 heterocycles. The van der Waals surface area contributed by atoms with Crippen molar-refractivity contribution in [2.24, 2.45) is 0 Å². The highest BCUT2D eigenvalue weighted by molar-refractivity contribution is 7.03. The van der Waals surface area contributed by atoms with Crippen molar-refractivity contribution in [3.8, 4) is 44.9 Å². The van der Waals surface area contributed by atoms with Crippen molar-refractivity contribution in [2.75, 3.05) is 9.80 Å².